The molecule has 2 amide bonds. The van der Waals surface area contributed by atoms with Crippen LogP contribution in [0.25, 0.3) is 11.0 Å². The molecule has 9 heteroatoms. The first kappa shape index (κ1) is 26.9. The number of hydrogen-bond donors (Lipinski definition) is 2. The molecular formula is C31H39FN6O2. The summed E-state index contributed by atoms with van der Waals surface area (Å²) in [6, 6.07) is 12.1. The highest BCUT2D eigenvalue weighted by molar-refractivity contribution is 5.95. The van der Waals surface area contributed by atoms with Crippen LogP contribution in [0.3, 0.4) is 0 Å². The van der Waals surface area contributed by atoms with E-state index in [0.29, 0.717) is 11.2 Å². The van der Waals surface area contributed by atoms with Gasteiger partial charge < -0.3 is 19.8 Å². The van der Waals surface area contributed by atoms with Crippen LogP contribution < -0.4 is 10.9 Å². The number of nitrogens with one attached hydrogen (secondary N) is 2. The Kier molecular flexibility index (Phi) is 8.11. The summed E-state index contributed by atoms with van der Waals surface area (Å²) in [6.45, 7) is 6.45. The molecule has 3 aliphatic rings. The van der Waals surface area contributed by atoms with Crippen molar-refractivity contribution < 1.29 is 14.0 Å². The van der Waals surface area contributed by atoms with E-state index in [1.54, 1.807) is 0 Å². The number of hydrogen-bond acceptors (Lipinski definition) is 4. The quantitative estimate of drug-likeness (QED) is 0.507. The minimum Gasteiger partial charge on any atom is -0.340 e. The summed E-state index contributed by atoms with van der Waals surface area (Å²) in [5, 5.41) is 3.32. The van der Waals surface area contributed by atoms with Gasteiger partial charge in [-0.3, -0.25) is 14.5 Å². The van der Waals surface area contributed by atoms with Gasteiger partial charge in [0.2, 0.25) is 11.5 Å². The van der Waals surface area contributed by atoms with Gasteiger partial charge in [-0.25, -0.2) is 4.39 Å². The number of likely N-dealkylation sites (tertiary alicyclic amines) is 1. The number of halogens is 1. The number of nitrogens with zero attached hydrogens (tertiary/aromatic N) is 4. The van der Waals surface area contributed by atoms with Crippen molar-refractivity contribution in [1.29, 1.82) is 0 Å². The molecule has 3 fully saturated rings. The number of piperidine rings is 1. The number of aromatic nitrogens is 2. The summed E-state index contributed by atoms with van der Waals surface area (Å²) in [5.41, 5.74) is 4.09. The number of imidazole rings is 1. The number of rotatable bonds is 5. The summed E-state index contributed by atoms with van der Waals surface area (Å²) in [6.07, 6.45) is 7.15. The van der Waals surface area contributed by atoms with Crippen LogP contribution in [0.2, 0.25) is 0 Å². The van der Waals surface area contributed by atoms with Crippen LogP contribution >= 0.6 is 0 Å². The van der Waals surface area contributed by atoms with Crippen LogP contribution in [0, 0.1) is 11.7 Å². The molecule has 2 aliphatic heterocycles. The number of piperazine rings is 1. The lowest BCUT2D eigenvalue weighted by Gasteiger charge is -2.34. The Balaban J connectivity index is 1.30. The molecule has 3 heterocycles. The highest BCUT2D eigenvalue weighted by Gasteiger charge is 2.31. The Bertz CT molecular complexity index is 1410. The van der Waals surface area contributed by atoms with Gasteiger partial charge in [-0.2, -0.15) is 4.99 Å². The average molecular weight is 547 g/mol. The maximum absolute atomic E-state index is 13.5. The second-order valence-corrected chi connectivity index (χ2v) is 11.5. The lowest BCUT2D eigenvalue weighted by Crippen LogP contribution is -2.49. The van der Waals surface area contributed by atoms with Crippen molar-refractivity contribution >= 4 is 22.8 Å². The minimum absolute atomic E-state index is 0.0519. The van der Waals surface area contributed by atoms with Gasteiger partial charge in [0.15, 0.2) is 0 Å². The fraction of sp³-hybridized carbons (Fsp3) is 0.516. The first-order chi connectivity index (χ1) is 19.5. The second kappa shape index (κ2) is 12.1. The summed E-state index contributed by atoms with van der Waals surface area (Å²) >= 11 is 0. The molecule has 2 saturated heterocycles. The molecule has 1 aromatic heterocycles. The van der Waals surface area contributed by atoms with Crippen molar-refractivity contribution in [2.45, 2.75) is 57.5 Å². The van der Waals surface area contributed by atoms with Crippen LogP contribution in [0.15, 0.2) is 47.5 Å². The molecule has 0 spiro atoms. The zero-order valence-corrected chi connectivity index (χ0v) is 23.1. The summed E-state index contributed by atoms with van der Waals surface area (Å²) in [4.78, 5) is 38.7. The predicted molar refractivity (Wildman–Crippen MR) is 152 cm³/mol. The Morgan fingerprint density at radius 1 is 0.900 bits per heavy atom. The van der Waals surface area contributed by atoms with Gasteiger partial charge in [-0.05, 0) is 93.6 Å². The molecule has 40 heavy (non-hydrogen) atoms. The Morgan fingerprint density at radius 2 is 1.62 bits per heavy atom. The van der Waals surface area contributed by atoms with Crippen LogP contribution in [-0.4, -0.2) is 70.4 Å². The fourth-order valence-electron chi connectivity index (χ4n) is 6.58. The van der Waals surface area contributed by atoms with E-state index >= 15 is 0 Å². The minimum atomic E-state index is -0.406. The average Bonchev–Trinajstić information content (AvgIpc) is 3.35. The third-order valence-corrected chi connectivity index (χ3v) is 8.79. The Labute approximate surface area is 234 Å². The van der Waals surface area contributed by atoms with Gasteiger partial charge in [-0.1, -0.05) is 12.5 Å². The lowest BCUT2D eigenvalue weighted by molar-refractivity contribution is -0.137. The summed E-state index contributed by atoms with van der Waals surface area (Å²) in [5.74, 6) is -0.456. The van der Waals surface area contributed by atoms with E-state index in [-0.39, 0.29) is 23.7 Å². The first-order valence-electron chi connectivity index (χ1n) is 14.8. The number of carbonyl (C=O) groups is 2. The highest BCUT2D eigenvalue weighted by Crippen LogP contribution is 2.34. The van der Waals surface area contributed by atoms with E-state index in [4.69, 9.17) is 0 Å². The van der Waals surface area contributed by atoms with Gasteiger partial charge in [0.25, 0.3) is 5.91 Å². The molecule has 1 saturated carbocycles. The molecule has 0 atom stereocenters. The monoisotopic (exact) mass is 546 g/mol. The predicted octanol–water partition coefficient (Wildman–Crippen LogP) is 4.00. The van der Waals surface area contributed by atoms with E-state index in [9.17, 15) is 14.0 Å². The SMILES string of the molecule is O=C(/N=c1/[nH]c2ccc(CN3CCCCC3)cc2n1C1CCC(C(=O)N2CCNCC2)CC1)c1ccc(F)cc1. The molecule has 0 radical (unpaired) electrons. The summed E-state index contributed by atoms with van der Waals surface area (Å²) < 4.78 is 15.6. The number of benzene rings is 2. The van der Waals surface area contributed by atoms with Crippen molar-refractivity contribution in [3.05, 3.63) is 65.0 Å². The third kappa shape index (κ3) is 5.90. The van der Waals surface area contributed by atoms with Crippen molar-refractivity contribution in [3.8, 4) is 0 Å². The molecular weight excluding hydrogens is 507 g/mol. The Morgan fingerprint density at radius 3 is 2.35 bits per heavy atom. The molecule has 2 N–H and O–H groups in total. The lowest BCUT2D eigenvalue weighted by atomic mass is 9.84. The Hall–Kier alpha value is -3.30. The zero-order valence-electron chi connectivity index (χ0n) is 23.1. The molecule has 212 valence electrons. The van der Waals surface area contributed by atoms with E-state index in [1.165, 1.54) is 49.1 Å². The van der Waals surface area contributed by atoms with Gasteiger partial charge in [0.05, 0.1) is 11.0 Å². The van der Waals surface area contributed by atoms with Crippen molar-refractivity contribution in [1.82, 2.24) is 24.7 Å². The van der Waals surface area contributed by atoms with Crippen molar-refractivity contribution in [2.24, 2.45) is 10.9 Å². The second-order valence-electron chi connectivity index (χ2n) is 11.5. The van der Waals surface area contributed by atoms with E-state index in [0.717, 1.165) is 82.5 Å². The van der Waals surface area contributed by atoms with Crippen LogP contribution in [0.5, 0.6) is 0 Å². The molecule has 2 aromatic carbocycles. The normalized spacial score (nSPS) is 23.0. The van der Waals surface area contributed by atoms with Crippen LogP contribution in [0.4, 0.5) is 4.39 Å². The molecule has 0 unspecified atom stereocenters. The summed E-state index contributed by atoms with van der Waals surface area (Å²) in [7, 11) is 0. The van der Waals surface area contributed by atoms with Gasteiger partial charge >= 0.3 is 0 Å². The topological polar surface area (TPSA) is 85.7 Å². The molecule has 8 nitrogen and oxygen atoms in total. The number of H-pyrrole nitrogens is 1. The third-order valence-electron chi connectivity index (χ3n) is 8.79. The maximum atomic E-state index is 13.5. The number of aromatic amines is 1. The fourth-order valence-corrected chi connectivity index (χ4v) is 6.58. The standard InChI is InChI=1S/C31H39FN6O2/c32-25-9-5-23(6-10-25)29(39)35-31-34-27-13-4-22(21-36-16-2-1-3-17-36)20-28(27)38(31)26-11-7-24(8-12-26)30(40)37-18-14-33-15-19-37/h4-6,9-10,13,20,24,26,33H,1-3,7-8,11-12,14-19,21H2,(H,34,35,39). The number of amides is 2. The molecule has 0 bridgehead atoms. The van der Waals surface area contributed by atoms with Crippen LogP contribution in [-0.2, 0) is 11.3 Å². The van der Waals surface area contributed by atoms with Crippen molar-refractivity contribution in [3.63, 3.8) is 0 Å². The number of carbonyl (C=O) groups excluding carboxylic acids is 2. The largest absolute Gasteiger partial charge is 0.340 e. The molecule has 3 aromatic rings. The van der Waals surface area contributed by atoms with E-state index < -0.39 is 5.91 Å². The number of fused-ring (bicyclic) bond motifs is 1. The molecule has 1 aliphatic carbocycles. The smallest absolute Gasteiger partial charge is 0.280 e. The van der Waals surface area contributed by atoms with Crippen LogP contribution in [0.1, 0.15) is 66.9 Å². The van der Waals surface area contributed by atoms with E-state index in [2.05, 4.69) is 43.0 Å². The molecule has 6 rings (SSSR count). The maximum Gasteiger partial charge on any atom is 0.280 e. The van der Waals surface area contributed by atoms with Crippen molar-refractivity contribution in [2.75, 3.05) is 39.3 Å². The van der Waals surface area contributed by atoms with Gasteiger partial charge in [-0.15, -0.1) is 0 Å². The van der Waals surface area contributed by atoms with Gasteiger partial charge in [0.1, 0.15) is 5.82 Å². The van der Waals surface area contributed by atoms with E-state index in [1.807, 2.05) is 4.90 Å². The zero-order chi connectivity index (χ0) is 27.5. The first-order valence-corrected chi connectivity index (χ1v) is 14.8. The van der Waals surface area contributed by atoms with Gasteiger partial charge in [0, 0.05) is 50.2 Å². The highest BCUT2D eigenvalue weighted by atomic mass is 19.1.